The molecule has 0 aliphatic heterocycles. The Bertz CT molecular complexity index is 496. The van der Waals surface area contributed by atoms with Crippen LogP contribution in [0, 0.1) is 6.92 Å². The Morgan fingerprint density at radius 2 is 2.06 bits per heavy atom. The van der Waals surface area contributed by atoms with Crippen LogP contribution in [0.15, 0.2) is 35.7 Å². The van der Waals surface area contributed by atoms with E-state index in [1.807, 2.05) is 11.3 Å². The van der Waals surface area contributed by atoms with E-state index in [-0.39, 0.29) is 0 Å². The molecule has 0 bridgehead atoms. The maximum Gasteiger partial charge on any atom is 0.0189 e. The molecule has 0 fully saturated rings. The molecule has 3 rings (SSSR count). The summed E-state index contributed by atoms with van der Waals surface area (Å²) >= 11 is 1.94. The maximum atomic E-state index is 2.31. The molecule has 1 heteroatoms. The summed E-state index contributed by atoms with van der Waals surface area (Å²) in [5.74, 6) is 0.657. The molecular weight excluding hydrogens is 212 g/mol. The number of benzene rings is 1. The molecule has 16 heavy (non-hydrogen) atoms. The molecule has 1 atom stereocenters. The second-order valence-corrected chi connectivity index (χ2v) is 5.56. The number of fused-ring (bicyclic) bond motifs is 1. The number of aryl methyl sites for hydroxylation is 2. The van der Waals surface area contributed by atoms with Crippen LogP contribution >= 0.6 is 11.3 Å². The summed E-state index contributed by atoms with van der Waals surface area (Å²) in [6, 6.07) is 11.2. The highest BCUT2D eigenvalue weighted by Gasteiger charge is 2.23. The maximum absolute atomic E-state index is 2.31. The Balaban J connectivity index is 2.08. The van der Waals surface area contributed by atoms with Crippen molar-refractivity contribution in [3.63, 3.8) is 0 Å². The van der Waals surface area contributed by atoms with Crippen LogP contribution in [0.2, 0.25) is 0 Å². The molecule has 1 heterocycles. The van der Waals surface area contributed by atoms with Crippen molar-refractivity contribution in [2.75, 3.05) is 0 Å². The standard InChI is InChI=1S/C15H16S/c1-11-5-2-3-7-13(11)14-8-4-6-12-9-10-16-15(12)14/h2-3,5,7,9-10,14H,4,6,8H2,1H3. The van der Waals surface area contributed by atoms with Gasteiger partial charge in [-0.1, -0.05) is 24.3 Å². The SMILES string of the molecule is Cc1ccccc1C1CCCc2ccsc21. The Morgan fingerprint density at radius 3 is 2.94 bits per heavy atom. The van der Waals surface area contributed by atoms with Crippen LogP contribution < -0.4 is 0 Å². The number of thiophene rings is 1. The first kappa shape index (κ1) is 10.1. The van der Waals surface area contributed by atoms with E-state index < -0.39 is 0 Å². The minimum absolute atomic E-state index is 0.657. The molecule has 1 unspecified atom stereocenters. The van der Waals surface area contributed by atoms with Crippen LogP contribution in [0.25, 0.3) is 0 Å². The molecule has 0 saturated heterocycles. The third kappa shape index (κ3) is 1.60. The quantitative estimate of drug-likeness (QED) is 0.673. The van der Waals surface area contributed by atoms with Crippen molar-refractivity contribution in [1.29, 1.82) is 0 Å². The third-order valence-electron chi connectivity index (χ3n) is 3.60. The Hall–Kier alpha value is -1.08. The van der Waals surface area contributed by atoms with Gasteiger partial charge in [-0.3, -0.25) is 0 Å². The van der Waals surface area contributed by atoms with Crippen molar-refractivity contribution in [1.82, 2.24) is 0 Å². The van der Waals surface area contributed by atoms with E-state index in [9.17, 15) is 0 Å². The normalized spacial score (nSPS) is 19.4. The van der Waals surface area contributed by atoms with Gasteiger partial charge in [0.25, 0.3) is 0 Å². The summed E-state index contributed by atoms with van der Waals surface area (Å²) in [5, 5.41) is 2.25. The lowest BCUT2D eigenvalue weighted by Gasteiger charge is -2.24. The van der Waals surface area contributed by atoms with Crippen LogP contribution in [0.4, 0.5) is 0 Å². The third-order valence-corrected chi connectivity index (χ3v) is 4.67. The van der Waals surface area contributed by atoms with E-state index in [2.05, 4.69) is 42.6 Å². The lowest BCUT2D eigenvalue weighted by Crippen LogP contribution is -2.09. The van der Waals surface area contributed by atoms with Gasteiger partial charge >= 0.3 is 0 Å². The van der Waals surface area contributed by atoms with Gasteiger partial charge < -0.3 is 0 Å². The van der Waals surface area contributed by atoms with Gasteiger partial charge in [-0.25, -0.2) is 0 Å². The summed E-state index contributed by atoms with van der Waals surface area (Å²) in [6.07, 6.45) is 3.93. The summed E-state index contributed by atoms with van der Waals surface area (Å²) in [7, 11) is 0. The predicted octanol–water partition coefficient (Wildman–Crippen LogP) is 4.52. The monoisotopic (exact) mass is 228 g/mol. The first-order chi connectivity index (χ1) is 7.86. The minimum Gasteiger partial charge on any atom is -0.148 e. The lowest BCUT2D eigenvalue weighted by atomic mass is 9.83. The van der Waals surface area contributed by atoms with E-state index >= 15 is 0 Å². The molecule has 0 N–H and O–H groups in total. The second-order valence-electron chi connectivity index (χ2n) is 4.61. The molecule has 1 aromatic carbocycles. The van der Waals surface area contributed by atoms with Gasteiger partial charge in [0.05, 0.1) is 0 Å². The van der Waals surface area contributed by atoms with Gasteiger partial charge in [0.15, 0.2) is 0 Å². The fourth-order valence-electron chi connectivity index (χ4n) is 2.76. The van der Waals surface area contributed by atoms with Crippen LogP contribution in [-0.4, -0.2) is 0 Å². The van der Waals surface area contributed by atoms with Crippen molar-refractivity contribution < 1.29 is 0 Å². The number of hydrogen-bond acceptors (Lipinski definition) is 1. The van der Waals surface area contributed by atoms with Crippen molar-refractivity contribution >= 4 is 11.3 Å². The fraction of sp³-hybridized carbons (Fsp3) is 0.333. The molecule has 1 aliphatic rings. The van der Waals surface area contributed by atoms with E-state index in [1.165, 1.54) is 30.4 Å². The Kier molecular flexibility index (Phi) is 2.56. The van der Waals surface area contributed by atoms with Crippen molar-refractivity contribution in [3.8, 4) is 0 Å². The van der Waals surface area contributed by atoms with Crippen molar-refractivity contribution in [3.05, 3.63) is 57.3 Å². The molecule has 1 aliphatic carbocycles. The predicted molar refractivity (Wildman–Crippen MR) is 70.3 cm³/mol. The summed E-state index contributed by atoms with van der Waals surface area (Å²) in [5.41, 5.74) is 4.56. The summed E-state index contributed by atoms with van der Waals surface area (Å²) < 4.78 is 0. The molecule has 0 amide bonds. The molecule has 1 aromatic heterocycles. The number of hydrogen-bond donors (Lipinski definition) is 0. The highest BCUT2D eigenvalue weighted by molar-refractivity contribution is 7.10. The average molecular weight is 228 g/mol. The van der Waals surface area contributed by atoms with E-state index in [0.717, 1.165) is 0 Å². The largest absolute Gasteiger partial charge is 0.148 e. The zero-order valence-corrected chi connectivity index (χ0v) is 10.4. The van der Waals surface area contributed by atoms with E-state index in [0.29, 0.717) is 5.92 Å². The average Bonchev–Trinajstić information content (AvgIpc) is 2.77. The lowest BCUT2D eigenvalue weighted by molar-refractivity contribution is 0.625. The molecule has 0 radical (unpaired) electrons. The van der Waals surface area contributed by atoms with E-state index in [1.54, 1.807) is 10.4 Å². The van der Waals surface area contributed by atoms with Crippen LogP contribution in [0.3, 0.4) is 0 Å². The Morgan fingerprint density at radius 1 is 1.19 bits per heavy atom. The van der Waals surface area contributed by atoms with Gasteiger partial charge in [-0.05, 0) is 54.3 Å². The molecule has 0 saturated carbocycles. The topological polar surface area (TPSA) is 0 Å². The summed E-state index contributed by atoms with van der Waals surface area (Å²) in [6.45, 7) is 2.23. The molecule has 0 spiro atoms. The van der Waals surface area contributed by atoms with Gasteiger partial charge in [0, 0.05) is 10.8 Å². The molecule has 0 nitrogen and oxygen atoms in total. The first-order valence-electron chi connectivity index (χ1n) is 5.98. The summed E-state index contributed by atoms with van der Waals surface area (Å²) in [4.78, 5) is 1.61. The second kappa shape index (κ2) is 4.06. The zero-order chi connectivity index (χ0) is 11.0. The molecular formula is C15H16S. The highest BCUT2D eigenvalue weighted by Crippen LogP contribution is 2.40. The van der Waals surface area contributed by atoms with Gasteiger partial charge in [0.1, 0.15) is 0 Å². The van der Waals surface area contributed by atoms with E-state index in [4.69, 9.17) is 0 Å². The van der Waals surface area contributed by atoms with Crippen LogP contribution in [-0.2, 0) is 6.42 Å². The molecule has 2 aromatic rings. The first-order valence-corrected chi connectivity index (χ1v) is 6.86. The van der Waals surface area contributed by atoms with Gasteiger partial charge in [0.2, 0.25) is 0 Å². The smallest absolute Gasteiger partial charge is 0.0189 e. The Labute approximate surface area is 101 Å². The molecule has 82 valence electrons. The van der Waals surface area contributed by atoms with Crippen molar-refractivity contribution in [2.45, 2.75) is 32.1 Å². The fourth-order valence-corrected chi connectivity index (χ4v) is 3.87. The van der Waals surface area contributed by atoms with Crippen LogP contribution in [0.5, 0.6) is 0 Å². The van der Waals surface area contributed by atoms with Crippen LogP contribution in [0.1, 0.15) is 40.3 Å². The van der Waals surface area contributed by atoms with Gasteiger partial charge in [-0.15, -0.1) is 11.3 Å². The zero-order valence-electron chi connectivity index (χ0n) is 9.57. The van der Waals surface area contributed by atoms with Crippen molar-refractivity contribution in [2.24, 2.45) is 0 Å². The number of rotatable bonds is 1. The minimum atomic E-state index is 0.657. The van der Waals surface area contributed by atoms with Gasteiger partial charge in [-0.2, -0.15) is 0 Å². The highest BCUT2D eigenvalue weighted by atomic mass is 32.1.